The second-order valence-electron chi connectivity index (χ2n) is 4.16. The molecule has 6 nitrogen and oxygen atoms in total. The quantitative estimate of drug-likeness (QED) is 0.838. The number of hydrogen-bond donors (Lipinski definition) is 1. The minimum absolute atomic E-state index is 0.0725. The topological polar surface area (TPSA) is 85.1 Å². The molecule has 17 heavy (non-hydrogen) atoms. The fraction of sp³-hybridized carbons (Fsp3) is 0.700. The number of carboxylic acid groups (broad SMARTS) is 1. The summed E-state index contributed by atoms with van der Waals surface area (Å²) in [6.07, 6.45) is 5.80. The van der Waals surface area contributed by atoms with Gasteiger partial charge in [-0.1, -0.05) is 18.1 Å². The third-order valence-electron chi connectivity index (χ3n) is 2.95. The van der Waals surface area contributed by atoms with E-state index in [9.17, 15) is 9.00 Å². The number of carbonyl (C=O) groups is 1. The van der Waals surface area contributed by atoms with Gasteiger partial charge in [0, 0.05) is 21.8 Å². The average Bonchev–Trinajstić information content (AvgIpc) is 2.97. The second kappa shape index (κ2) is 5.39. The van der Waals surface area contributed by atoms with Crippen molar-refractivity contribution < 1.29 is 14.1 Å². The molecule has 7 heteroatoms. The van der Waals surface area contributed by atoms with Crippen LogP contribution >= 0.6 is 0 Å². The van der Waals surface area contributed by atoms with Gasteiger partial charge in [0.25, 0.3) is 0 Å². The third-order valence-corrected chi connectivity index (χ3v) is 4.75. The molecule has 0 radical (unpaired) electrons. The first kappa shape index (κ1) is 12.2. The van der Waals surface area contributed by atoms with Crippen LogP contribution in [0.1, 0.15) is 36.2 Å². The van der Waals surface area contributed by atoms with Crippen LogP contribution < -0.4 is 0 Å². The van der Waals surface area contributed by atoms with E-state index in [-0.39, 0.29) is 5.69 Å². The van der Waals surface area contributed by atoms with Crippen LogP contribution in [0.3, 0.4) is 0 Å². The van der Waals surface area contributed by atoms with Crippen LogP contribution in [0.5, 0.6) is 0 Å². The zero-order valence-electron chi connectivity index (χ0n) is 9.41. The SMILES string of the molecule is O=C(O)c1cn(CCS(=O)C2CCCC2)nn1. The monoisotopic (exact) mass is 257 g/mol. The molecular formula is C10H15N3O3S. The first-order valence-corrected chi connectivity index (χ1v) is 7.05. The Morgan fingerprint density at radius 1 is 1.53 bits per heavy atom. The van der Waals surface area contributed by atoms with Crippen molar-refractivity contribution >= 4 is 16.8 Å². The van der Waals surface area contributed by atoms with Gasteiger partial charge in [0.1, 0.15) is 0 Å². The summed E-state index contributed by atoms with van der Waals surface area (Å²) in [5.74, 6) is -0.569. The van der Waals surface area contributed by atoms with E-state index in [4.69, 9.17) is 5.11 Å². The molecule has 2 rings (SSSR count). The molecule has 0 saturated heterocycles. The fourth-order valence-electron chi connectivity index (χ4n) is 2.01. The number of aryl methyl sites for hydroxylation is 1. The molecule has 0 bridgehead atoms. The molecule has 1 aromatic heterocycles. The Bertz CT molecular complexity index is 426. The Kier molecular flexibility index (Phi) is 3.88. The molecule has 0 aromatic carbocycles. The average molecular weight is 257 g/mol. The second-order valence-corrected chi connectivity index (χ2v) is 6.00. The summed E-state index contributed by atoms with van der Waals surface area (Å²) >= 11 is 0. The largest absolute Gasteiger partial charge is 0.476 e. The van der Waals surface area contributed by atoms with Crippen molar-refractivity contribution in [3.8, 4) is 0 Å². The predicted octanol–water partition coefficient (Wildman–Crippen LogP) is 0.668. The third kappa shape index (κ3) is 3.12. The van der Waals surface area contributed by atoms with Crippen molar-refractivity contribution in [2.45, 2.75) is 37.5 Å². The van der Waals surface area contributed by atoms with Crippen LogP contribution in [0.2, 0.25) is 0 Å². The van der Waals surface area contributed by atoms with Gasteiger partial charge < -0.3 is 5.11 Å². The van der Waals surface area contributed by atoms with Gasteiger partial charge in [0.05, 0.1) is 12.7 Å². The van der Waals surface area contributed by atoms with Crippen molar-refractivity contribution in [2.75, 3.05) is 5.75 Å². The number of rotatable bonds is 5. The fourth-order valence-corrected chi connectivity index (χ4v) is 3.57. The van der Waals surface area contributed by atoms with Gasteiger partial charge >= 0.3 is 5.97 Å². The van der Waals surface area contributed by atoms with Crippen LogP contribution in [0.25, 0.3) is 0 Å². The minimum Gasteiger partial charge on any atom is -0.476 e. The molecule has 1 aliphatic rings. The minimum atomic E-state index is -1.09. The number of hydrogen-bond acceptors (Lipinski definition) is 4. The van der Waals surface area contributed by atoms with E-state index < -0.39 is 16.8 Å². The Morgan fingerprint density at radius 2 is 2.24 bits per heavy atom. The van der Waals surface area contributed by atoms with Crippen LogP contribution in [-0.2, 0) is 17.3 Å². The summed E-state index contributed by atoms with van der Waals surface area (Å²) in [7, 11) is -0.833. The van der Waals surface area contributed by atoms with Crippen molar-refractivity contribution in [1.82, 2.24) is 15.0 Å². The first-order valence-electron chi connectivity index (χ1n) is 5.67. The molecule has 0 amide bonds. The highest BCUT2D eigenvalue weighted by Crippen LogP contribution is 2.22. The van der Waals surface area contributed by atoms with E-state index in [0.29, 0.717) is 17.5 Å². The lowest BCUT2D eigenvalue weighted by molar-refractivity contribution is 0.0690. The molecule has 0 aliphatic heterocycles. The molecule has 1 atom stereocenters. The molecule has 1 saturated carbocycles. The molecule has 94 valence electrons. The molecule has 1 aliphatic carbocycles. The Labute approximate surface area is 101 Å². The number of aromatic carboxylic acids is 1. The maximum Gasteiger partial charge on any atom is 0.358 e. The predicted molar refractivity (Wildman–Crippen MR) is 62.2 cm³/mol. The number of aromatic nitrogens is 3. The van der Waals surface area contributed by atoms with Gasteiger partial charge in [-0.15, -0.1) is 5.10 Å². The molecular weight excluding hydrogens is 242 g/mol. The summed E-state index contributed by atoms with van der Waals surface area (Å²) in [4.78, 5) is 10.6. The summed E-state index contributed by atoms with van der Waals surface area (Å²) < 4.78 is 13.3. The molecule has 1 unspecified atom stereocenters. The van der Waals surface area contributed by atoms with Crippen LogP contribution in [0.15, 0.2) is 6.20 Å². The van der Waals surface area contributed by atoms with Crippen molar-refractivity contribution in [3.63, 3.8) is 0 Å². The maximum atomic E-state index is 11.9. The van der Waals surface area contributed by atoms with Gasteiger partial charge in [-0.3, -0.25) is 8.89 Å². The van der Waals surface area contributed by atoms with E-state index in [1.54, 1.807) is 0 Å². The van der Waals surface area contributed by atoms with Gasteiger partial charge in [-0.2, -0.15) is 0 Å². The summed E-state index contributed by atoms with van der Waals surface area (Å²) in [5.41, 5.74) is -0.0725. The number of nitrogens with zero attached hydrogens (tertiary/aromatic N) is 3. The van der Waals surface area contributed by atoms with Crippen molar-refractivity contribution in [3.05, 3.63) is 11.9 Å². The number of carboxylic acids is 1. The van der Waals surface area contributed by atoms with E-state index in [1.165, 1.54) is 23.7 Å². The highest BCUT2D eigenvalue weighted by molar-refractivity contribution is 7.85. The van der Waals surface area contributed by atoms with Gasteiger partial charge in [-0.25, -0.2) is 4.79 Å². The summed E-state index contributed by atoms with van der Waals surface area (Å²) in [6, 6.07) is 0. The first-order chi connectivity index (χ1) is 8.16. The van der Waals surface area contributed by atoms with Crippen LogP contribution in [0.4, 0.5) is 0 Å². The summed E-state index contributed by atoms with van der Waals surface area (Å²) in [5, 5.41) is 16.2. The van der Waals surface area contributed by atoms with Crippen molar-refractivity contribution in [1.29, 1.82) is 0 Å². The van der Waals surface area contributed by atoms with Gasteiger partial charge in [0.15, 0.2) is 5.69 Å². The van der Waals surface area contributed by atoms with Crippen LogP contribution in [0, 0.1) is 0 Å². The van der Waals surface area contributed by atoms with Gasteiger partial charge in [0.2, 0.25) is 0 Å². The molecule has 1 fully saturated rings. The molecule has 1 N–H and O–H groups in total. The maximum absolute atomic E-state index is 11.9. The van der Waals surface area contributed by atoms with Crippen LogP contribution in [-0.4, -0.2) is 41.3 Å². The lowest BCUT2D eigenvalue weighted by atomic mass is 10.4. The molecule has 0 spiro atoms. The lowest BCUT2D eigenvalue weighted by Crippen LogP contribution is -2.17. The van der Waals surface area contributed by atoms with E-state index >= 15 is 0 Å². The van der Waals surface area contributed by atoms with E-state index in [1.807, 2.05) is 0 Å². The van der Waals surface area contributed by atoms with E-state index in [2.05, 4.69) is 10.3 Å². The Balaban J connectivity index is 1.84. The van der Waals surface area contributed by atoms with E-state index in [0.717, 1.165) is 12.8 Å². The van der Waals surface area contributed by atoms with Gasteiger partial charge in [-0.05, 0) is 12.8 Å². The van der Waals surface area contributed by atoms with Crippen molar-refractivity contribution in [2.24, 2.45) is 0 Å². The smallest absolute Gasteiger partial charge is 0.358 e. The highest BCUT2D eigenvalue weighted by Gasteiger charge is 2.21. The molecule has 1 heterocycles. The lowest BCUT2D eigenvalue weighted by Gasteiger charge is -2.08. The zero-order chi connectivity index (χ0) is 12.3. The Morgan fingerprint density at radius 3 is 2.82 bits per heavy atom. The highest BCUT2D eigenvalue weighted by atomic mass is 32.2. The summed E-state index contributed by atoms with van der Waals surface area (Å²) in [6.45, 7) is 0.462. The zero-order valence-corrected chi connectivity index (χ0v) is 10.2. The Hall–Kier alpha value is -1.24. The molecule has 1 aromatic rings. The standard InChI is InChI=1S/C10H15N3O3S/c14-10(15)9-7-13(12-11-9)5-6-17(16)8-3-1-2-4-8/h7-8H,1-6H2,(H,14,15). The normalized spacial score (nSPS) is 18.4.